The number of benzene rings is 1. The van der Waals surface area contributed by atoms with Crippen LogP contribution in [0.3, 0.4) is 0 Å². The third kappa shape index (κ3) is 3.60. The largest absolute Gasteiger partial charge is 0.367 e. The maximum absolute atomic E-state index is 6.40. The minimum absolute atomic E-state index is 0.481. The van der Waals surface area contributed by atoms with E-state index in [2.05, 4.69) is 24.1 Å². The fraction of sp³-hybridized carbons (Fsp3) is 0.625. The molecule has 2 unspecified atom stereocenters. The van der Waals surface area contributed by atoms with Crippen molar-refractivity contribution in [3.05, 3.63) is 27.7 Å². The van der Waals surface area contributed by atoms with Crippen molar-refractivity contribution in [1.29, 1.82) is 0 Å². The standard InChI is InChI=1S/C16H24Cl2N2/c1-4-6-19-13-5-7-20(12(3)9-13)16-10-14(17)11(2)8-15(16)18/h8,10,12-13,19H,4-7,9H2,1-3H3. The molecule has 1 aliphatic heterocycles. The monoisotopic (exact) mass is 314 g/mol. The highest BCUT2D eigenvalue weighted by Gasteiger charge is 2.26. The van der Waals surface area contributed by atoms with E-state index in [0.717, 1.165) is 47.2 Å². The Hall–Kier alpha value is -0.440. The molecule has 2 nitrogen and oxygen atoms in total. The topological polar surface area (TPSA) is 15.3 Å². The molecule has 1 fully saturated rings. The van der Waals surface area contributed by atoms with E-state index in [1.54, 1.807) is 0 Å². The number of nitrogens with one attached hydrogen (secondary N) is 1. The van der Waals surface area contributed by atoms with Gasteiger partial charge in [0.05, 0.1) is 10.7 Å². The molecule has 1 aromatic carbocycles. The van der Waals surface area contributed by atoms with Gasteiger partial charge in [-0.05, 0) is 57.4 Å². The van der Waals surface area contributed by atoms with Crippen LogP contribution in [0.25, 0.3) is 0 Å². The molecule has 20 heavy (non-hydrogen) atoms. The summed E-state index contributed by atoms with van der Waals surface area (Å²) in [5.41, 5.74) is 2.11. The summed E-state index contributed by atoms with van der Waals surface area (Å²) in [5.74, 6) is 0. The zero-order valence-electron chi connectivity index (χ0n) is 12.5. The number of hydrogen-bond acceptors (Lipinski definition) is 2. The summed E-state index contributed by atoms with van der Waals surface area (Å²) >= 11 is 12.7. The molecule has 1 heterocycles. The highest BCUT2D eigenvalue weighted by Crippen LogP contribution is 2.35. The minimum Gasteiger partial charge on any atom is -0.367 e. The summed E-state index contributed by atoms with van der Waals surface area (Å²) in [6.45, 7) is 8.60. The highest BCUT2D eigenvalue weighted by atomic mass is 35.5. The Labute approximate surface area is 132 Å². The Morgan fingerprint density at radius 1 is 1.30 bits per heavy atom. The van der Waals surface area contributed by atoms with Crippen LogP contribution < -0.4 is 10.2 Å². The van der Waals surface area contributed by atoms with Gasteiger partial charge in [-0.1, -0.05) is 30.1 Å². The number of piperidine rings is 1. The summed E-state index contributed by atoms with van der Waals surface area (Å²) in [7, 11) is 0. The van der Waals surface area contributed by atoms with Gasteiger partial charge in [0.25, 0.3) is 0 Å². The molecular formula is C16H24Cl2N2. The average Bonchev–Trinajstić information content (AvgIpc) is 2.41. The smallest absolute Gasteiger partial charge is 0.0643 e. The van der Waals surface area contributed by atoms with Crippen molar-refractivity contribution in [3.63, 3.8) is 0 Å². The van der Waals surface area contributed by atoms with Gasteiger partial charge in [0, 0.05) is 23.7 Å². The Morgan fingerprint density at radius 3 is 2.70 bits per heavy atom. The molecule has 112 valence electrons. The first-order valence-corrected chi connectivity index (χ1v) is 8.24. The molecule has 0 spiro atoms. The number of halogens is 2. The third-order valence-electron chi connectivity index (χ3n) is 4.10. The Morgan fingerprint density at radius 2 is 2.05 bits per heavy atom. The molecule has 0 aliphatic carbocycles. The summed E-state index contributed by atoms with van der Waals surface area (Å²) in [4.78, 5) is 2.39. The Kier molecular flexibility index (Phi) is 5.59. The molecule has 1 aromatic rings. The molecule has 0 amide bonds. The molecule has 0 bridgehead atoms. The van der Waals surface area contributed by atoms with Crippen LogP contribution in [-0.2, 0) is 0 Å². The molecule has 4 heteroatoms. The van der Waals surface area contributed by atoms with Crippen LogP contribution >= 0.6 is 23.2 Å². The lowest BCUT2D eigenvalue weighted by Crippen LogP contribution is -2.47. The number of hydrogen-bond donors (Lipinski definition) is 1. The van der Waals surface area contributed by atoms with E-state index >= 15 is 0 Å². The lowest BCUT2D eigenvalue weighted by molar-refractivity contribution is 0.369. The highest BCUT2D eigenvalue weighted by molar-refractivity contribution is 6.35. The Bertz CT molecular complexity index is 462. The normalized spacial score (nSPS) is 23.1. The van der Waals surface area contributed by atoms with Crippen molar-refractivity contribution in [2.75, 3.05) is 18.0 Å². The second-order valence-corrected chi connectivity index (χ2v) is 6.59. The first kappa shape index (κ1) is 15.9. The average molecular weight is 315 g/mol. The third-order valence-corrected chi connectivity index (χ3v) is 4.81. The van der Waals surface area contributed by atoms with E-state index in [1.165, 1.54) is 6.42 Å². The van der Waals surface area contributed by atoms with Crippen LogP contribution in [0.5, 0.6) is 0 Å². The molecule has 1 aliphatic rings. The SMILES string of the molecule is CCCNC1CCN(c2cc(Cl)c(C)cc2Cl)C(C)C1. The van der Waals surface area contributed by atoms with Crippen LogP contribution in [0.15, 0.2) is 12.1 Å². The quantitative estimate of drug-likeness (QED) is 0.869. The fourth-order valence-electron chi connectivity index (χ4n) is 2.92. The van der Waals surface area contributed by atoms with Gasteiger partial charge in [0.2, 0.25) is 0 Å². The zero-order chi connectivity index (χ0) is 14.7. The van der Waals surface area contributed by atoms with Gasteiger partial charge in [-0.25, -0.2) is 0 Å². The first-order chi connectivity index (χ1) is 9.52. The Balaban J connectivity index is 2.09. The van der Waals surface area contributed by atoms with Gasteiger partial charge >= 0.3 is 0 Å². The molecule has 0 aromatic heterocycles. The number of nitrogens with zero attached hydrogens (tertiary/aromatic N) is 1. The molecular weight excluding hydrogens is 291 g/mol. The van der Waals surface area contributed by atoms with Crippen LogP contribution in [-0.4, -0.2) is 25.2 Å². The predicted molar refractivity (Wildman–Crippen MR) is 89.3 cm³/mol. The second kappa shape index (κ2) is 7.02. The molecule has 1 N–H and O–H groups in total. The summed E-state index contributed by atoms with van der Waals surface area (Å²) in [6, 6.07) is 5.08. The van der Waals surface area contributed by atoms with Gasteiger partial charge in [-0.2, -0.15) is 0 Å². The lowest BCUT2D eigenvalue weighted by Gasteiger charge is -2.40. The second-order valence-electron chi connectivity index (χ2n) is 5.77. The van der Waals surface area contributed by atoms with Gasteiger partial charge < -0.3 is 10.2 Å². The van der Waals surface area contributed by atoms with E-state index < -0.39 is 0 Å². The van der Waals surface area contributed by atoms with Crippen molar-refractivity contribution < 1.29 is 0 Å². The summed E-state index contributed by atoms with van der Waals surface area (Å²) in [6.07, 6.45) is 3.50. The number of aryl methyl sites for hydroxylation is 1. The molecule has 1 saturated heterocycles. The predicted octanol–water partition coefficient (Wildman–Crippen LogP) is 4.66. The van der Waals surface area contributed by atoms with E-state index in [4.69, 9.17) is 23.2 Å². The van der Waals surface area contributed by atoms with Crippen molar-refractivity contribution in [1.82, 2.24) is 5.32 Å². The van der Waals surface area contributed by atoms with Crippen molar-refractivity contribution >= 4 is 28.9 Å². The van der Waals surface area contributed by atoms with Crippen molar-refractivity contribution in [2.24, 2.45) is 0 Å². The van der Waals surface area contributed by atoms with Crippen molar-refractivity contribution in [3.8, 4) is 0 Å². The molecule has 0 saturated carbocycles. The number of rotatable bonds is 4. The summed E-state index contributed by atoms with van der Waals surface area (Å²) in [5, 5.41) is 5.22. The molecule has 0 radical (unpaired) electrons. The van der Waals surface area contributed by atoms with Gasteiger partial charge in [0.15, 0.2) is 0 Å². The van der Waals surface area contributed by atoms with Crippen molar-refractivity contribution in [2.45, 2.75) is 52.1 Å². The van der Waals surface area contributed by atoms with E-state index in [0.29, 0.717) is 12.1 Å². The molecule has 2 atom stereocenters. The van der Waals surface area contributed by atoms with Gasteiger partial charge in [-0.3, -0.25) is 0 Å². The van der Waals surface area contributed by atoms with Crippen LogP contribution in [0.1, 0.15) is 38.7 Å². The van der Waals surface area contributed by atoms with E-state index in [9.17, 15) is 0 Å². The molecule has 2 rings (SSSR count). The van der Waals surface area contributed by atoms with E-state index in [-0.39, 0.29) is 0 Å². The maximum Gasteiger partial charge on any atom is 0.0643 e. The van der Waals surface area contributed by atoms with Crippen LogP contribution in [0.2, 0.25) is 10.0 Å². The van der Waals surface area contributed by atoms with Crippen LogP contribution in [0, 0.1) is 6.92 Å². The van der Waals surface area contributed by atoms with Gasteiger partial charge in [-0.15, -0.1) is 0 Å². The van der Waals surface area contributed by atoms with Gasteiger partial charge in [0.1, 0.15) is 0 Å². The fourth-order valence-corrected chi connectivity index (χ4v) is 3.40. The zero-order valence-corrected chi connectivity index (χ0v) is 14.1. The lowest BCUT2D eigenvalue weighted by atomic mass is 9.97. The first-order valence-electron chi connectivity index (χ1n) is 7.48. The minimum atomic E-state index is 0.481. The van der Waals surface area contributed by atoms with Crippen LogP contribution in [0.4, 0.5) is 5.69 Å². The number of anilines is 1. The maximum atomic E-state index is 6.40. The summed E-state index contributed by atoms with van der Waals surface area (Å²) < 4.78 is 0. The van der Waals surface area contributed by atoms with E-state index in [1.807, 2.05) is 19.1 Å².